The number of hydrogen-bond donors (Lipinski definition) is 1. The van der Waals surface area contributed by atoms with E-state index >= 15 is 0 Å². The van der Waals surface area contributed by atoms with Crippen LogP contribution in [0.4, 0.5) is 5.13 Å². The molecule has 9 heteroatoms. The summed E-state index contributed by atoms with van der Waals surface area (Å²) in [7, 11) is -3.74. The van der Waals surface area contributed by atoms with Gasteiger partial charge in [-0.1, -0.05) is 24.3 Å². The Bertz CT molecular complexity index is 1130. The number of thiazole rings is 1. The molecule has 0 saturated carbocycles. The van der Waals surface area contributed by atoms with E-state index in [9.17, 15) is 13.2 Å². The predicted octanol–water partition coefficient (Wildman–Crippen LogP) is 3.30. The molecule has 2 heterocycles. The number of benzene rings is 2. The minimum absolute atomic E-state index is 0.126. The van der Waals surface area contributed by atoms with Crippen molar-refractivity contribution in [2.45, 2.75) is 30.9 Å². The number of amides is 1. The number of anilines is 1. The van der Waals surface area contributed by atoms with Crippen molar-refractivity contribution in [1.29, 1.82) is 0 Å². The topological polar surface area (TPSA) is 88.6 Å². The molecule has 0 fully saturated rings. The maximum Gasteiger partial charge on any atom is 0.263 e. The van der Waals surface area contributed by atoms with Gasteiger partial charge >= 0.3 is 0 Å². The van der Waals surface area contributed by atoms with Crippen LogP contribution in [-0.4, -0.2) is 36.9 Å². The average molecular weight is 444 g/mol. The van der Waals surface area contributed by atoms with Crippen LogP contribution in [0.1, 0.15) is 18.1 Å². The smallest absolute Gasteiger partial charge is 0.263 e. The number of fused-ring (bicyclic) bond motifs is 1. The van der Waals surface area contributed by atoms with Gasteiger partial charge < -0.3 is 9.64 Å². The van der Waals surface area contributed by atoms with Crippen LogP contribution in [0.15, 0.2) is 65.0 Å². The second kappa shape index (κ2) is 8.45. The van der Waals surface area contributed by atoms with Crippen molar-refractivity contribution >= 4 is 32.4 Å². The molecule has 30 heavy (non-hydrogen) atoms. The monoisotopic (exact) mass is 443 g/mol. The van der Waals surface area contributed by atoms with Crippen LogP contribution in [0.3, 0.4) is 0 Å². The lowest BCUT2D eigenvalue weighted by atomic mass is 9.99. The van der Waals surface area contributed by atoms with Gasteiger partial charge in [-0.05, 0) is 48.7 Å². The van der Waals surface area contributed by atoms with Crippen molar-refractivity contribution in [3.05, 3.63) is 71.2 Å². The standard InChI is InChI=1S/C21H21N3O4S2/c1-15(28-18-5-3-2-4-6-18)20(25)24-11-9-16-7-8-19(13-17(16)14-24)30(26,27)23-21-22-10-12-29-21/h2-8,10,12-13,15H,9,11,14H2,1H3,(H,22,23). The summed E-state index contributed by atoms with van der Waals surface area (Å²) in [6.07, 6.45) is 1.57. The first kappa shape index (κ1) is 20.4. The normalized spacial score (nSPS) is 14.6. The van der Waals surface area contributed by atoms with Gasteiger partial charge in [0, 0.05) is 24.7 Å². The highest BCUT2D eigenvalue weighted by atomic mass is 32.2. The van der Waals surface area contributed by atoms with Crippen molar-refractivity contribution in [3.63, 3.8) is 0 Å². The van der Waals surface area contributed by atoms with Gasteiger partial charge in [0.1, 0.15) is 5.75 Å². The summed E-state index contributed by atoms with van der Waals surface area (Å²) < 4.78 is 33.6. The summed E-state index contributed by atoms with van der Waals surface area (Å²) in [4.78, 5) is 18.7. The van der Waals surface area contributed by atoms with Crippen LogP contribution in [0.5, 0.6) is 5.75 Å². The molecule has 1 aromatic heterocycles. The summed E-state index contributed by atoms with van der Waals surface area (Å²) in [5.74, 6) is 0.510. The average Bonchev–Trinajstić information content (AvgIpc) is 3.25. The highest BCUT2D eigenvalue weighted by Crippen LogP contribution is 2.25. The lowest BCUT2D eigenvalue weighted by molar-refractivity contribution is -0.138. The molecule has 156 valence electrons. The number of nitrogens with one attached hydrogen (secondary N) is 1. The summed E-state index contributed by atoms with van der Waals surface area (Å²) in [6.45, 7) is 2.64. The largest absolute Gasteiger partial charge is 0.481 e. The van der Waals surface area contributed by atoms with Crippen molar-refractivity contribution in [3.8, 4) is 5.75 Å². The van der Waals surface area contributed by atoms with Crippen LogP contribution >= 0.6 is 11.3 Å². The Kier molecular flexibility index (Phi) is 5.74. The number of hydrogen-bond acceptors (Lipinski definition) is 6. The summed E-state index contributed by atoms with van der Waals surface area (Å²) in [5.41, 5.74) is 1.87. The third-order valence-electron chi connectivity index (χ3n) is 4.87. The van der Waals surface area contributed by atoms with Gasteiger partial charge in [0.2, 0.25) is 0 Å². The first-order valence-corrected chi connectivity index (χ1v) is 11.8. The molecular formula is C21H21N3O4S2. The molecule has 1 aliphatic heterocycles. The summed E-state index contributed by atoms with van der Waals surface area (Å²) in [5, 5.41) is 2.02. The zero-order valence-electron chi connectivity index (χ0n) is 16.3. The molecule has 0 spiro atoms. The van der Waals surface area contributed by atoms with Gasteiger partial charge in [-0.3, -0.25) is 9.52 Å². The zero-order chi connectivity index (χ0) is 21.1. The number of para-hydroxylation sites is 1. The Morgan fingerprint density at radius 2 is 2.00 bits per heavy atom. The van der Waals surface area contributed by atoms with E-state index in [0.29, 0.717) is 30.4 Å². The van der Waals surface area contributed by atoms with E-state index < -0.39 is 16.1 Å². The van der Waals surface area contributed by atoms with Crippen LogP contribution in [0, 0.1) is 0 Å². The summed E-state index contributed by atoms with van der Waals surface area (Å²) in [6, 6.07) is 14.2. The fraction of sp³-hybridized carbons (Fsp3) is 0.238. The lowest BCUT2D eigenvalue weighted by Gasteiger charge is -2.31. The van der Waals surface area contributed by atoms with E-state index in [2.05, 4.69) is 9.71 Å². The van der Waals surface area contributed by atoms with Crippen LogP contribution in [0.2, 0.25) is 0 Å². The van der Waals surface area contributed by atoms with E-state index in [4.69, 9.17) is 4.74 Å². The molecule has 7 nitrogen and oxygen atoms in total. The van der Waals surface area contributed by atoms with Gasteiger partial charge in [0.15, 0.2) is 11.2 Å². The lowest BCUT2D eigenvalue weighted by Crippen LogP contribution is -2.43. The van der Waals surface area contributed by atoms with Gasteiger partial charge in [-0.25, -0.2) is 13.4 Å². The number of carbonyl (C=O) groups is 1. The van der Waals surface area contributed by atoms with Crippen LogP contribution in [-0.2, 0) is 27.8 Å². The molecule has 1 aliphatic rings. The third-order valence-corrected chi connectivity index (χ3v) is 7.02. The second-order valence-corrected chi connectivity index (χ2v) is 9.53. The van der Waals surface area contributed by atoms with Crippen molar-refractivity contribution < 1.29 is 17.9 Å². The molecule has 1 N–H and O–H groups in total. The number of rotatable bonds is 6. The number of carbonyl (C=O) groups excluding carboxylic acids is 1. The first-order valence-electron chi connectivity index (χ1n) is 9.47. The molecule has 1 amide bonds. The summed E-state index contributed by atoms with van der Waals surface area (Å²) >= 11 is 1.21. The number of sulfonamides is 1. The van der Waals surface area contributed by atoms with Gasteiger partial charge in [-0.15, -0.1) is 11.3 Å². The molecule has 1 atom stereocenters. The quantitative estimate of drug-likeness (QED) is 0.632. The molecule has 0 aliphatic carbocycles. The molecule has 0 saturated heterocycles. The van der Waals surface area contributed by atoms with Crippen LogP contribution in [0.25, 0.3) is 0 Å². The fourth-order valence-corrected chi connectivity index (χ4v) is 5.19. The molecule has 2 aromatic carbocycles. The molecule has 1 unspecified atom stereocenters. The minimum Gasteiger partial charge on any atom is -0.481 e. The maximum absolute atomic E-state index is 12.9. The Morgan fingerprint density at radius 1 is 1.20 bits per heavy atom. The van der Waals surface area contributed by atoms with E-state index in [1.165, 1.54) is 17.5 Å². The SMILES string of the molecule is CC(Oc1ccccc1)C(=O)N1CCc2ccc(S(=O)(=O)Nc3nccs3)cc2C1. The second-order valence-electron chi connectivity index (χ2n) is 6.96. The third kappa shape index (κ3) is 4.47. The van der Waals surface area contributed by atoms with E-state index in [0.717, 1.165) is 11.1 Å². The van der Waals surface area contributed by atoms with E-state index in [-0.39, 0.29) is 10.8 Å². The Balaban J connectivity index is 1.49. The van der Waals surface area contributed by atoms with Gasteiger partial charge in [0.25, 0.3) is 15.9 Å². The predicted molar refractivity (Wildman–Crippen MR) is 115 cm³/mol. The molecule has 4 rings (SSSR count). The molecule has 0 radical (unpaired) electrons. The molecule has 0 bridgehead atoms. The molecule has 3 aromatic rings. The zero-order valence-corrected chi connectivity index (χ0v) is 17.9. The maximum atomic E-state index is 12.9. The van der Waals surface area contributed by atoms with Crippen LogP contribution < -0.4 is 9.46 Å². The minimum atomic E-state index is -3.74. The highest BCUT2D eigenvalue weighted by molar-refractivity contribution is 7.93. The van der Waals surface area contributed by atoms with E-state index in [1.807, 2.05) is 36.4 Å². The Labute approximate surface area is 179 Å². The highest BCUT2D eigenvalue weighted by Gasteiger charge is 2.27. The first-order chi connectivity index (χ1) is 14.4. The van der Waals surface area contributed by atoms with Gasteiger partial charge in [-0.2, -0.15) is 0 Å². The number of ether oxygens (including phenoxy) is 1. The Morgan fingerprint density at radius 3 is 2.73 bits per heavy atom. The fourth-order valence-electron chi connectivity index (χ4n) is 3.35. The Hall–Kier alpha value is -2.91. The van der Waals surface area contributed by atoms with Gasteiger partial charge in [0.05, 0.1) is 4.90 Å². The van der Waals surface area contributed by atoms with Crippen molar-refractivity contribution in [2.75, 3.05) is 11.3 Å². The number of nitrogens with zero attached hydrogens (tertiary/aromatic N) is 2. The van der Waals surface area contributed by atoms with E-state index in [1.54, 1.807) is 29.3 Å². The molecular weight excluding hydrogens is 422 g/mol. The van der Waals surface area contributed by atoms with Crippen molar-refractivity contribution in [1.82, 2.24) is 9.88 Å². The van der Waals surface area contributed by atoms with Crippen molar-refractivity contribution in [2.24, 2.45) is 0 Å². The number of aromatic nitrogens is 1.